The van der Waals surface area contributed by atoms with Crippen LogP contribution in [0.25, 0.3) is 0 Å². The molecular weight excluding hydrogens is 286 g/mol. The molecule has 2 aliphatic heterocycles. The molecule has 0 spiro atoms. The molecule has 0 bridgehead atoms. The summed E-state index contributed by atoms with van der Waals surface area (Å²) in [5.74, 6) is 0.297. The predicted molar refractivity (Wildman–Crippen MR) is 82.4 cm³/mol. The van der Waals surface area contributed by atoms with E-state index < -0.39 is 0 Å². The lowest BCUT2D eigenvalue weighted by Crippen LogP contribution is -2.55. The van der Waals surface area contributed by atoms with Crippen LogP contribution >= 0.6 is 11.3 Å². The molecule has 2 saturated heterocycles. The van der Waals surface area contributed by atoms with Gasteiger partial charge >= 0.3 is 0 Å². The maximum absolute atomic E-state index is 12.4. The molecule has 21 heavy (non-hydrogen) atoms. The molecule has 5 nitrogen and oxygen atoms in total. The Bertz CT molecular complexity index is 489. The van der Waals surface area contributed by atoms with Crippen molar-refractivity contribution in [2.75, 3.05) is 32.7 Å². The van der Waals surface area contributed by atoms with Crippen molar-refractivity contribution in [1.82, 2.24) is 15.1 Å². The van der Waals surface area contributed by atoms with Crippen LogP contribution in [0.15, 0.2) is 17.5 Å². The standard InChI is InChI=1S/C15H21N3O2S/c19-14(12-4-1-2-6-16-12)17-7-9-18(10-8-17)15(20)13-5-3-11-21-13/h3,5,11-12,16H,1-2,4,6-10H2/t12-/m0/s1. The van der Waals surface area contributed by atoms with E-state index in [4.69, 9.17) is 0 Å². The third-order valence-corrected chi connectivity index (χ3v) is 5.08. The second-order valence-electron chi connectivity index (χ2n) is 5.60. The summed E-state index contributed by atoms with van der Waals surface area (Å²) < 4.78 is 0. The van der Waals surface area contributed by atoms with Crippen LogP contribution in [-0.4, -0.2) is 60.4 Å². The molecule has 114 valence electrons. The molecule has 1 aromatic heterocycles. The molecule has 0 aromatic carbocycles. The Morgan fingerprint density at radius 3 is 2.52 bits per heavy atom. The van der Waals surface area contributed by atoms with Gasteiger partial charge in [0.2, 0.25) is 5.91 Å². The van der Waals surface area contributed by atoms with Gasteiger partial charge in [-0.1, -0.05) is 12.5 Å². The lowest BCUT2D eigenvalue weighted by molar-refractivity contribution is -0.135. The minimum atomic E-state index is -0.0155. The molecule has 0 saturated carbocycles. The van der Waals surface area contributed by atoms with E-state index >= 15 is 0 Å². The average Bonchev–Trinajstić information content (AvgIpc) is 3.09. The molecular formula is C15H21N3O2S. The van der Waals surface area contributed by atoms with E-state index in [-0.39, 0.29) is 17.9 Å². The van der Waals surface area contributed by atoms with Crippen LogP contribution in [0.4, 0.5) is 0 Å². The number of nitrogens with zero attached hydrogens (tertiary/aromatic N) is 2. The lowest BCUT2D eigenvalue weighted by Gasteiger charge is -2.37. The molecule has 0 aliphatic carbocycles. The minimum Gasteiger partial charge on any atom is -0.338 e. The number of rotatable bonds is 2. The second kappa shape index (κ2) is 6.58. The van der Waals surface area contributed by atoms with Crippen LogP contribution in [-0.2, 0) is 4.79 Å². The molecule has 2 aliphatic rings. The van der Waals surface area contributed by atoms with Crippen molar-refractivity contribution in [2.24, 2.45) is 0 Å². The molecule has 2 fully saturated rings. The number of amides is 2. The number of hydrogen-bond acceptors (Lipinski definition) is 4. The van der Waals surface area contributed by atoms with Gasteiger partial charge in [-0.25, -0.2) is 0 Å². The molecule has 0 radical (unpaired) electrons. The Kier molecular flexibility index (Phi) is 4.55. The summed E-state index contributed by atoms with van der Waals surface area (Å²) in [6, 6.07) is 3.74. The van der Waals surface area contributed by atoms with Crippen molar-refractivity contribution in [3.05, 3.63) is 22.4 Å². The van der Waals surface area contributed by atoms with Gasteiger partial charge in [-0.05, 0) is 30.8 Å². The Morgan fingerprint density at radius 2 is 1.90 bits per heavy atom. The van der Waals surface area contributed by atoms with E-state index in [0.717, 1.165) is 30.7 Å². The minimum absolute atomic E-state index is 0.0155. The van der Waals surface area contributed by atoms with Crippen LogP contribution < -0.4 is 5.32 Å². The van der Waals surface area contributed by atoms with Gasteiger partial charge in [-0.15, -0.1) is 11.3 Å². The topological polar surface area (TPSA) is 52.7 Å². The molecule has 6 heteroatoms. The Morgan fingerprint density at radius 1 is 1.14 bits per heavy atom. The number of nitrogens with one attached hydrogen (secondary N) is 1. The SMILES string of the molecule is O=C(c1cccs1)N1CCN(C(=O)[C@@H]2CCCCN2)CC1. The Balaban J connectivity index is 1.52. The van der Waals surface area contributed by atoms with Gasteiger partial charge in [0, 0.05) is 26.2 Å². The monoisotopic (exact) mass is 307 g/mol. The first-order valence-corrected chi connectivity index (χ1v) is 8.48. The summed E-state index contributed by atoms with van der Waals surface area (Å²) in [5, 5.41) is 5.22. The van der Waals surface area contributed by atoms with Gasteiger partial charge in [-0.3, -0.25) is 9.59 Å². The molecule has 1 N–H and O–H groups in total. The first kappa shape index (κ1) is 14.5. The van der Waals surface area contributed by atoms with Crippen molar-refractivity contribution in [3.8, 4) is 0 Å². The quantitative estimate of drug-likeness (QED) is 0.892. The van der Waals surface area contributed by atoms with Crippen LogP contribution in [0.5, 0.6) is 0 Å². The van der Waals surface area contributed by atoms with Gasteiger partial charge in [0.25, 0.3) is 5.91 Å². The fourth-order valence-electron chi connectivity index (χ4n) is 2.97. The molecule has 3 rings (SSSR count). The predicted octanol–water partition coefficient (Wildman–Crippen LogP) is 1.17. The van der Waals surface area contributed by atoms with Crippen LogP contribution in [0.2, 0.25) is 0 Å². The second-order valence-corrected chi connectivity index (χ2v) is 6.54. The summed E-state index contributed by atoms with van der Waals surface area (Å²) >= 11 is 1.47. The van der Waals surface area contributed by atoms with Crippen LogP contribution in [0, 0.1) is 0 Å². The zero-order valence-corrected chi connectivity index (χ0v) is 12.9. The largest absolute Gasteiger partial charge is 0.338 e. The van der Waals surface area contributed by atoms with E-state index in [2.05, 4.69) is 5.32 Å². The van der Waals surface area contributed by atoms with E-state index in [9.17, 15) is 9.59 Å². The molecule has 2 amide bonds. The van der Waals surface area contributed by atoms with E-state index in [0.29, 0.717) is 26.2 Å². The molecule has 0 unspecified atom stereocenters. The van der Waals surface area contributed by atoms with E-state index in [1.54, 1.807) is 0 Å². The highest BCUT2D eigenvalue weighted by Gasteiger charge is 2.29. The van der Waals surface area contributed by atoms with Crippen molar-refractivity contribution in [1.29, 1.82) is 0 Å². The van der Waals surface area contributed by atoms with E-state index in [1.165, 1.54) is 11.3 Å². The zero-order chi connectivity index (χ0) is 14.7. The van der Waals surface area contributed by atoms with Gasteiger partial charge in [0.05, 0.1) is 10.9 Å². The summed E-state index contributed by atoms with van der Waals surface area (Å²) in [6.07, 6.45) is 3.22. The number of thiophene rings is 1. The smallest absolute Gasteiger partial charge is 0.264 e. The molecule has 1 aromatic rings. The van der Waals surface area contributed by atoms with Crippen molar-refractivity contribution in [2.45, 2.75) is 25.3 Å². The number of piperidine rings is 1. The zero-order valence-electron chi connectivity index (χ0n) is 12.1. The highest BCUT2D eigenvalue weighted by Crippen LogP contribution is 2.15. The van der Waals surface area contributed by atoms with Gasteiger partial charge < -0.3 is 15.1 Å². The summed E-state index contributed by atoms with van der Waals surface area (Å²) in [6.45, 7) is 3.50. The number of carbonyl (C=O) groups excluding carboxylic acids is 2. The van der Waals surface area contributed by atoms with Crippen LogP contribution in [0.3, 0.4) is 0 Å². The molecule has 3 heterocycles. The molecule has 1 atom stereocenters. The van der Waals surface area contributed by atoms with Crippen LogP contribution in [0.1, 0.15) is 28.9 Å². The number of carbonyl (C=O) groups is 2. The number of piperazine rings is 1. The normalized spacial score (nSPS) is 23.1. The highest BCUT2D eigenvalue weighted by atomic mass is 32.1. The Hall–Kier alpha value is -1.40. The van der Waals surface area contributed by atoms with Crippen molar-refractivity contribution < 1.29 is 9.59 Å². The Labute approximate surface area is 128 Å². The van der Waals surface area contributed by atoms with Gasteiger partial charge in [-0.2, -0.15) is 0 Å². The third kappa shape index (κ3) is 3.27. The fraction of sp³-hybridized carbons (Fsp3) is 0.600. The van der Waals surface area contributed by atoms with Crippen molar-refractivity contribution in [3.63, 3.8) is 0 Å². The van der Waals surface area contributed by atoms with Gasteiger partial charge in [0.1, 0.15) is 0 Å². The number of hydrogen-bond donors (Lipinski definition) is 1. The lowest BCUT2D eigenvalue weighted by atomic mass is 10.0. The third-order valence-electron chi connectivity index (χ3n) is 4.22. The fourth-order valence-corrected chi connectivity index (χ4v) is 3.66. The van der Waals surface area contributed by atoms with Crippen molar-refractivity contribution >= 4 is 23.2 Å². The average molecular weight is 307 g/mol. The summed E-state index contributed by atoms with van der Waals surface area (Å²) in [4.78, 5) is 29.2. The maximum Gasteiger partial charge on any atom is 0.264 e. The van der Waals surface area contributed by atoms with Gasteiger partial charge in [0.15, 0.2) is 0 Å². The first-order valence-electron chi connectivity index (χ1n) is 7.60. The first-order chi connectivity index (χ1) is 10.3. The summed E-state index contributed by atoms with van der Waals surface area (Å²) in [7, 11) is 0. The van der Waals surface area contributed by atoms with E-state index in [1.807, 2.05) is 27.3 Å². The summed E-state index contributed by atoms with van der Waals surface area (Å²) in [5.41, 5.74) is 0. The maximum atomic E-state index is 12.4. The highest BCUT2D eigenvalue weighted by molar-refractivity contribution is 7.12.